The molecule has 28 heteroatoms. The van der Waals surface area contributed by atoms with Gasteiger partial charge in [-0.15, -0.1) is 0 Å². The van der Waals surface area contributed by atoms with Crippen molar-refractivity contribution in [3.05, 3.63) is 136 Å². The number of nitrogens with zero attached hydrogens (tertiary/aromatic N) is 2. The van der Waals surface area contributed by atoms with Crippen LogP contribution in [0.2, 0.25) is 0 Å². The molecule has 0 saturated carbocycles. The lowest BCUT2D eigenvalue weighted by Gasteiger charge is -2.31. The van der Waals surface area contributed by atoms with Gasteiger partial charge in [-0.25, -0.2) is 17.6 Å². The van der Waals surface area contributed by atoms with Gasteiger partial charge in [0.1, 0.15) is 53.9 Å². The van der Waals surface area contributed by atoms with Gasteiger partial charge in [0, 0.05) is 91.7 Å². The van der Waals surface area contributed by atoms with Gasteiger partial charge >= 0.3 is 0 Å². The topological polar surface area (TPSA) is 337 Å². The van der Waals surface area contributed by atoms with Crippen molar-refractivity contribution in [2.75, 3.05) is 31.1 Å². The highest BCUT2D eigenvalue weighted by Crippen LogP contribution is 2.27. The molecule has 2 bridgehead atoms. The third-order valence-electron chi connectivity index (χ3n) is 16.5. The van der Waals surface area contributed by atoms with Crippen LogP contribution < -0.4 is 43.4 Å². The number of aromatic hydroxyl groups is 1. The number of carbonyl (C=O) groups excluding carboxylic acids is 10. The number of H-pyrrole nitrogens is 1. The number of aromatic amines is 1. The van der Waals surface area contributed by atoms with Crippen LogP contribution in [0.25, 0.3) is 10.9 Å². The van der Waals surface area contributed by atoms with Crippen molar-refractivity contribution in [2.45, 2.75) is 150 Å². The summed E-state index contributed by atoms with van der Waals surface area (Å²) in [5.74, 6) is -11.9. The number of phenols is 1. The highest BCUT2D eigenvalue weighted by molar-refractivity contribution is 7.98. The number of rotatable bonds is 11. The number of nitrogens with one attached hydrogen (secondary N) is 7. The molecule has 0 spiro atoms. The lowest BCUT2D eigenvalue weighted by molar-refractivity contribution is -0.143. The van der Waals surface area contributed by atoms with Crippen LogP contribution >= 0.6 is 23.5 Å². The number of amides is 9. The summed E-state index contributed by atoms with van der Waals surface area (Å²) in [4.78, 5) is 147. The van der Waals surface area contributed by atoms with E-state index in [1.165, 1.54) is 84.0 Å². The van der Waals surface area contributed by atoms with Crippen molar-refractivity contribution < 1.29 is 70.6 Å². The van der Waals surface area contributed by atoms with Crippen LogP contribution in [0.1, 0.15) is 98.9 Å². The second kappa shape index (κ2) is 33.4. The number of hydrogen-bond acceptors (Lipinski definition) is 14. The van der Waals surface area contributed by atoms with E-state index in [1.807, 2.05) is 24.3 Å². The normalized spacial score (nSPS) is 23.6. The number of primary amides is 1. The molecule has 8 atom stereocenters. The van der Waals surface area contributed by atoms with E-state index in [-0.39, 0.29) is 75.1 Å². The summed E-state index contributed by atoms with van der Waals surface area (Å²) in [6.45, 7) is 1.63. The highest BCUT2D eigenvalue weighted by Gasteiger charge is 2.42. The van der Waals surface area contributed by atoms with Gasteiger partial charge in [-0.1, -0.05) is 36.4 Å². The zero-order chi connectivity index (χ0) is 66.9. The minimum absolute atomic E-state index is 0.0150. The highest BCUT2D eigenvalue weighted by atomic mass is 32.2. The molecule has 1 aromatic heterocycles. The maximum atomic E-state index is 15.0. The van der Waals surface area contributed by atoms with E-state index in [4.69, 9.17) is 11.5 Å². The van der Waals surface area contributed by atoms with E-state index in [2.05, 4.69) is 36.9 Å². The Labute approximate surface area is 543 Å². The van der Waals surface area contributed by atoms with Crippen molar-refractivity contribution in [3.63, 3.8) is 0 Å². The molecule has 4 heterocycles. The van der Waals surface area contributed by atoms with E-state index >= 15 is 0 Å². The van der Waals surface area contributed by atoms with Gasteiger partial charge in [-0.2, -0.15) is 23.5 Å². The predicted molar refractivity (Wildman–Crippen MR) is 340 cm³/mol. The molecule has 2 saturated heterocycles. The first-order valence-corrected chi connectivity index (χ1v) is 33.2. The van der Waals surface area contributed by atoms with Crippen LogP contribution in [0, 0.1) is 23.3 Å². The van der Waals surface area contributed by atoms with Crippen molar-refractivity contribution in [1.29, 1.82) is 0 Å². The van der Waals surface area contributed by atoms with Gasteiger partial charge in [0.25, 0.3) is 0 Å². The van der Waals surface area contributed by atoms with Crippen molar-refractivity contribution in [2.24, 2.45) is 11.5 Å². The first-order chi connectivity index (χ1) is 44.5. The molecule has 5 aromatic rings. The molecule has 0 unspecified atom stereocenters. The second-order valence-corrected chi connectivity index (χ2v) is 25.6. The zero-order valence-electron chi connectivity index (χ0n) is 51.3. The van der Waals surface area contributed by atoms with E-state index in [1.54, 1.807) is 0 Å². The molecule has 12 N–H and O–H groups in total. The fourth-order valence-corrected chi connectivity index (χ4v) is 13.5. The average Bonchev–Trinajstić information content (AvgIpc) is 1.79. The number of halogens is 4. The van der Waals surface area contributed by atoms with Gasteiger partial charge in [0.15, 0.2) is 23.2 Å². The summed E-state index contributed by atoms with van der Waals surface area (Å²) in [6.07, 6.45) is 1.47. The van der Waals surface area contributed by atoms with Crippen LogP contribution in [0.15, 0.2) is 85.1 Å². The number of Topliss-reactive ketones (excluding diaryl/α,β-unsaturated/α-hetero) is 1. The Kier molecular flexibility index (Phi) is 25.3. The minimum Gasteiger partial charge on any atom is -0.508 e. The largest absolute Gasteiger partial charge is 0.508 e. The maximum absolute atomic E-state index is 15.0. The summed E-state index contributed by atoms with van der Waals surface area (Å²) < 4.78 is 58.9. The summed E-state index contributed by atoms with van der Waals surface area (Å²) in [7, 11) is 0. The summed E-state index contributed by atoms with van der Waals surface area (Å²) in [6, 6.07) is 7.91. The Balaban J connectivity index is 1.09. The molecular formula is C65H77F4N11O11S2. The molecule has 93 heavy (non-hydrogen) atoms. The Bertz CT molecular complexity index is 3540. The molecule has 3 aliphatic heterocycles. The fraction of sp³-hybridized carbons (Fsp3) is 0.446. The van der Waals surface area contributed by atoms with Crippen molar-refractivity contribution in [3.8, 4) is 5.75 Å². The summed E-state index contributed by atoms with van der Waals surface area (Å²) in [5.41, 5.74) is 14.4. The second-order valence-electron chi connectivity index (χ2n) is 23.5. The number of nitrogens with two attached hydrogens (primary N) is 2. The van der Waals surface area contributed by atoms with Crippen LogP contribution in [0.5, 0.6) is 5.75 Å². The molecule has 3 aliphatic rings. The van der Waals surface area contributed by atoms with Gasteiger partial charge in [0.05, 0.1) is 6.04 Å². The van der Waals surface area contributed by atoms with Gasteiger partial charge in [-0.05, 0) is 129 Å². The standard InChI is InChI=1S/C65H77F4N11O11S2/c1-36-60(86)76-50(28-37-12-15-43(81)16-13-37)64(90)80-23-6-11-54(80)63(89)78-52(59(71)85)35-93-34-39-8-4-7-38(25-39)33-92-24-20-57(84)74-48(9-2-3-21-70)55(82)18-19-56(83)75-49(30-41-32-72-47-17-14-42(66)31-44(41)47)61(87)77-51(29-40-26-45(67)58(69)46(68)27-40)65(91)79-22-5-10-53(79)62(88)73-36/h4,7-8,12-17,25-27,31-32,36,48-54,72,81H,2-3,5-6,9-11,18-24,28-30,33-35,70H2,1H3,(H2,71,85)(H,73,88)(H,74,84)(H,75,83)(H,76,86)(H,77,87)(H,78,89)/t36-,48-,49-,50-,51-,52-,53-,54-/m0/s1. The Hall–Kier alpha value is -8.50. The number of phenolic OH excluding ortho intramolecular Hbond substituents is 1. The molecule has 4 aromatic carbocycles. The third kappa shape index (κ3) is 19.5. The van der Waals surface area contributed by atoms with Gasteiger partial charge < -0.3 is 63.3 Å². The summed E-state index contributed by atoms with van der Waals surface area (Å²) >= 11 is 2.82. The number of fused-ring (bicyclic) bond motifs is 5. The van der Waals surface area contributed by atoms with Gasteiger partial charge in [-0.3, -0.25) is 47.9 Å². The SMILES string of the molecule is C[C@@H]1NC(=O)[C@@H]2CCCN2C(=O)[C@H](Cc2cc(F)c(F)c(F)c2)NC(=O)[C@H](Cc2c[nH]c3ccc(F)cc23)NC(=O)CCC(=O)[C@H](CCCCN)NC(=O)CCSCc2cccc(c2)CSC[C@@H](C(N)=O)NC(=O)[C@@H]2CCCN2C(=O)[C@H](Cc2ccc(O)cc2)NC1=O. The predicted octanol–water partition coefficient (Wildman–Crippen LogP) is 3.90. The molecule has 0 radical (unpaired) electrons. The molecule has 9 amide bonds. The van der Waals surface area contributed by atoms with E-state index in [9.17, 15) is 70.6 Å². The minimum atomic E-state index is -1.81. The number of thioether (sulfide) groups is 2. The number of benzene rings is 4. The number of unbranched alkanes of at least 4 members (excludes halogenated alkanes) is 1. The molecule has 8 rings (SSSR count). The van der Waals surface area contributed by atoms with Crippen LogP contribution in [0.3, 0.4) is 0 Å². The van der Waals surface area contributed by atoms with Gasteiger partial charge in [0.2, 0.25) is 53.2 Å². The number of carbonyl (C=O) groups is 10. The van der Waals surface area contributed by atoms with Crippen LogP contribution in [-0.4, -0.2) is 158 Å². The Morgan fingerprint density at radius 2 is 1.23 bits per heavy atom. The molecule has 2 fully saturated rings. The van der Waals surface area contributed by atoms with Crippen LogP contribution in [0.4, 0.5) is 17.6 Å². The number of hydrogen-bond donors (Lipinski definition) is 10. The smallest absolute Gasteiger partial charge is 0.246 e. The first kappa shape index (κ1) is 70.4. The monoisotopic (exact) mass is 1330 g/mol. The third-order valence-corrected chi connectivity index (χ3v) is 18.7. The molecule has 0 aliphatic carbocycles. The lowest BCUT2D eigenvalue weighted by atomic mass is 10.00. The Morgan fingerprint density at radius 1 is 0.624 bits per heavy atom. The molecule has 22 nitrogen and oxygen atoms in total. The fourth-order valence-electron chi connectivity index (χ4n) is 11.6. The van der Waals surface area contributed by atoms with E-state index in [0.717, 1.165) is 16.0 Å². The van der Waals surface area contributed by atoms with Crippen LogP contribution in [-0.2, 0) is 78.7 Å². The zero-order valence-corrected chi connectivity index (χ0v) is 52.9. The molecule has 498 valence electrons. The average molecular weight is 1330 g/mol. The van der Waals surface area contributed by atoms with E-state index in [0.29, 0.717) is 77.2 Å². The molecular weight excluding hydrogens is 1250 g/mol. The number of ketones is 1. The quantitative estimate of drug-likeness (QED) is 0.0510. The summed E-state index contributed by atoms with van der Waals surface area (Å²) in [5, 5.41) is 26.4. The number of aromatic nitrogens is 1. The maximum Gasteiger partial charge on any atom is 0.246 e. The van der Waals surface area contributed by atoms with Crippen molar-refractivity contribution >= 4 is 93.4 Å². The van der Waals surface area contributed by atoms with E-state index < -0.39 is 150 Å². The first-order valence-electron chi connectivity index (χ1n) is 30.9. The Morgan fingerprint density at radius 3 is 1.87 bits per heavy atom. The van der Waals surface area contributed by atoms with Crippen molar-refractivity contribution in [1.82, 2.24) is 46.7 Å². The lowest BCUT2D eigenvalue weighted by Crippen LogP contribution is -2.60.